The summed E-state index contributed by atoms with van der Waals surface area (Å²) in [6.07, 6.45) is -4.03. The van der Waals surface area contributed by atoms with E-state index in [1.54, 1.807) is 20.2 Å². The first-order valence-electron chi connectivity index (χ1n) is 9.27. The quantitative estimate of drug-likeness (QED) is 0.711. The first-order valence-corrected chi connectivity index (χ1v) is 10.8. The van der Waals surface area contributed by atoms with Crippen LogP contribution in [0.3, 0.4) is 0 Å². The number of rotatable bonds is 7. The second kappa shape index (κ2) is 8.93. The van der Waals surface area contributed by atoms with Gasteiger partial charge in [0.25, 0.3) is 0 Å². The van der Waals surface area contributed by atoms with Crippen LogP contribution >= 0.6 is 0 Å². The number of hydrogen-bond donors (Lipinski definition) is 1. The number of benzene rings is 2. The van der Waals surface area contributed by atoms with Crippen molar-refractivity contribution < 1.29 is 31.2 Å². The van der Waals surface area contributed by atoms with Gasteiger partial charge in [-0.25, -0.2) is 13.1 Å². The molecule has 164 valence electrons. The molecule has 1 N–H and O–H groups in total. The summed E-state index contributed by atoms with van der Waals surface area (Å²) in [6, 6.07) is 11.1. The lowest BCUT2D eigenvalue weighted by atomic mass is 10.0. The van der Waals surface area contributed by atoms with Crippen molar-refractivity contribution in [2.75, 3.05) is 27.3 Å². The molecule has 6 nitrogen and oxygen atoms in total. The molecular formula is C20H23F3N2O4S. The molecular weight excluding hydrogens is 421 g/mol. The molecule has 1 heterocycles. The Hall–Kier alpha value is -2.14. The Bertz CT molecular complexity index is 965. The largest absolute Gasteiger partial charge is 0.496 e. The normalized spacial score (nSPS) is 20.4. The molecule has 0 aromatic heterocycles. The van der Waals surface area contributed by atoms with E-state index >= 15 is 0 Å². The maximum absolute atomic E-state index is 12.9. The summed E-state index contributed by atoms with van der Waals surface area (Å²) >= 11 is 0. The number of alkyl halides is 3. The molecule has 2 atom stereocenters. The van der Waals surface area contributed by atoms with Gasteiger partial charge in [0, 0.05) is 13.6 Å². The maximum atomic E-state index is 12.9. The maximum Gasteiger partial charge on any atom is 0.416 e. The Morgan fingerprint density at radius 1 is 1.17 bits per heavy atom. The molecule has 2 aromatic carbocycles. The average Bonchev–Trinajstić information content (AvgIpc) is 3.10. The number of methoxy groups -OCH3 is 1. The van der Waals surface area contributed by atoms with Gasteiger partial charge in [-0.2, -0.15) is 18.2 Å². The highest BCUT2D eigenvalue weighted by Gasteiger charge is 2.43. The monoisotopic (exact) mass is 444 g/mol. The van der Waals surface area contributed by atoms with Gasteiger partial charge in [0.2, 0.25) is 10.0 Å². The minimum absolute atomic E-state index is 0.0911. The lowest BCUT2D eigenvalue weighted by Crippen LogP contribution is -2.40. The van der Waals surface area contributed by atoms with Crippen LogP contribution in [0.25, 0.3) is 0 Å². The fraction of sp³-hybridized carbons (Fsp3) is 0.400. The zero-order chi connectivity index (χ0) is 21.9. The number of ether oxygens (including phenoxy) is 1. The Labute approximate surface area is 173 Å². The van der Waals surface area contributed by atoms with Gasteiger partial charge >= 0.3 is 6.18 Å². The minimum atomic E-state index is -4.46. The van der Waals surface area contributed by atoms with Crippen LogP contribution in [0.1, 0.15) is 22.7 Å². The SMILES string of the molecule is COc1ccccc1CCNS(=O)(=O)[C@H]1CON(C)[C@@H]1c1ccc(C(F)(F)F)cc1. The molecule has 1 saturated heterocycles. The van der Waals surface area contributed by atoms with Crippen molar-refractivity contribution >= 4 is 10.0 Å². The predicted molar refractivity (Wildman–Crippen MR) is 105 cm³/mol. The molecule has 30 heavy (non-hydrogen) atoms. The standard InChI is InChI=1S/C20H23F3N2O4S/c1-25-19(15-7-9-16(10-8-15)20(21,22)23)18(13-29-25)30(26,27)24-12-11-14-5-3-4-6-17(14)28-2/h3-10,18-19,24H,11-13H2,1-2H3/t18-,19+/m0/s1. The topological polar surface area (TPSA) is 67.9 Å². The number of sulfonamides is 1. The number of nitrogens with zero attached hydrogens (tertiary/aromatic N) is 1. The van der Waals surface area contributed by atoms with Gasteiger partial charge in [-0.3, -0.25) is 4.84 Å². The third-order valence-electron chi connectivity index (χ3n) is 5.05. The fourth-order valence-electron chi connectivity index (χ4n) is 3.49. The Morgan fingerprint density at radius 2 is 1.83 bits per heavy atom. The molecule has 1 aliphatic rings. The highest BCUT2D eigenvalue weighted by molar-refractivity contribution is 7.90. The van der Waals surface area contributed by atoms with Crippen molar-refractivity contribution in [2.24, 2.45) is 0 Å². The van der Waals surface area contributed by atoms with Crippen LogP contribution in [0.2, 0.25) is 0 Å². The predicted octanol–water partition coefficient (Wildman–Crippen LogP) is 3.16. The summed E-state index contributed by atoms with van der Waals surface area (Å²) in [5.74, 6) is 0.670. The summed E-state index contributed by atoms with van der Waals surface area (Å²) in [5.41, 5.74) is 0.507. The van der Waals surface area contributed by atoms with Crippen molar-refractivity contribution in [1.82, 2.24) is 9.79 Å². The lowest BCUT2D eigenvalue weighted by molar-refractivity contribution is -0.137. The molecule has 0 saturated carbocycles. The molecule has 0 amide bonds. The van der Waals surface area contributed by atoms with Crippen molar-refractivity contribution in [3.8, 4) is 5.75 Å². The molecule has 0 spiro atoms. The van der Waals surface area contributed by atoms with Gasteiger partial charge in [0.15, 0.2) is 0 Å². The van der Waals surface area contributed by atoms with E-state index in [9.17, 15) is 21.6 Å². The smallest absolute Gasteiger partial charge is 0.416 e. The lowest BCUT2D eigenvalue weighted by Gasteiger charge is -2.23. The molecule has 3 rings (SSSR count). The molecule has 1 fully saturated rings. The van der Waals surface area contributed by atoms with E-state index in [0.29, 0.717) is 17.7 Å². The molecule has 0 unspecified atom stereocenters. The van der Waals surface area contributed by atoms with E-state index in [4.69, 9.17) is 9.57 Å². The van der Waals surface area contributed by atoms with Crippen molar-refractivity contribution in [3.05, 3.63) is 65.2 Å². The first kappa shape index (κ1) is 22.5. The summed E-state index contributed by atoms with van der Waals surface area (Å²) < 4.78 is 72.1. The Balaban J connectivity index is 1.72. The summed E-state index contributed by atoms with van der Waals surface area (Å²) in [6.45, 7) is 0.0643. The van der Waals surface area contributed by atoms with Crippen LogP contribution < -0.4 is 9.46 Å². The van der Waals surface area contributed by atoms with Gasteiger partial charge in [0.05, 0.1) is 25.3 Å². The number of nitrogens with one attached hydrogen (secondary N) is 1. The Kier molecular flexibility index (Phi) is 6.71. The second-order valence-corrected chi connectivity index (χ2v) is 8.93. The van der Waals surface area contributed by atoms with Crippen LogP contribution in [0.5, 0.6) is 5.75 Å². The van der Waals surface area contributed by atoms with Crippen LogP contribution in [0, 0.1) is 0 Å². The molecule has 0 radical (unpaired) electrons. The molecule has 1 aliphatic heterocycles. The van der Waals surface area contributed by atoms with E-state index < -0.39 is 33.1 Å². The highest BCUT2D eigenvalue weighted by Crippen LogP contribution is 2.35. The zero-order valence-electron chi connectivity index (χ0n) is 16.5. The number of halogens is 3. The van der Waals surface area contributed by atoms with Gasteiger partial charge < -0.3 is 4.74 Å². The summed E-state index contributed by atoms with van der Waals surface area (Å²) in [4.78, 5) is 5.39. The van der Waals surface area contributed by atoms with Gasteiger partial charge in [-0.15, -0.1) is 0 Å². The average molecular weight is 444 g/mol. The number of para-hydroxylation sites is 1. The van der Waals surface area contributed by atoms with Gasteiger partial charge in [-0.05, 0) is 35.7 Å². The zero-order valence-corrected chi connectivity index (χ0v) is 17.3. The first-order chi connectivity index (χ1) is 14.1. The van der Waals surface area contributed by atoms with Crippen molar-refractivity contribution in [3.63, 3.8) is 0 Å². The van der Waals surface area contributed by atoms with E-state index in [-0.39, 0.29) is 13.2 Å². The molecule has 10 heteroatoms. The van der Waals surface area contributed by atoms with Crippen molar-refractivity contribution in [2.45, 2.75) is 23.9 Å². The van der Waals surface area contributed by atoms with Crippen LogP contribution in [-0.2, 0) is 27.5 Å². The summed E-state index contributed by atoms with van der Waals surface area (Å²) in [5, 5.41) is 0.407. The van der Waals surface area contributed by atoms with E-state index in [0.717, 1.165) is 17.7 Å². The van der Waals surface area contributed by atoms with E-state index in [1.807, 2.05) is 18.2 Å². The van der Waals surface area contributed by atoms with Crippen molar-refractivity contribution in [1.29, 1.82) is 0 Å². The molecule has 2 aromatic rings. The van der Waals surface area contributed by atoms with Crippen LogP contribution in [0.15, 0.2) is 48.5 Å². The minimum Gasteiger partial charge on any atom is -0.496 e. The molecule has 0 bridgehead atoms. The van der Waals surface area contributed by atoms with E-state index in [1.165, 1.54) is 17.2 Å². The third-order valence-corrected chi connectivity index (χ3v) is 6.85. The van der Waals surface area contributed by atoms with E-state index in [2.05, 4.69) is 4.72 Å². The molecule has 0 aliphatic carbocycles. The summed E-state index contributed by atoms with van der Waals surface area (Å²) in [7, 11) is -0.691. The second-order valence-electron chi connectivity index (χ2n) is 6.95. The third kappa shape index (κ3) is 4.94. The van der Waals surface area contributed by atoms with Crippen LogP contribution in [-0.4, -0.2) is 46.0 Å². The highest BCUT2D eigenvalue weighted by atomic mass is 32.2. The van der Waals surface area contributed by atoms with Gasteiger partial charge in [-0.1, -0.05) is 30.3 Å². The number of hydroxylamine groups is 2. The fourth-order valence-corrected chi connectivity index (χ4v) is 5.00. The van der Waals surface area contributed by atoms with Gasteiger partial charge in [0.1, 0.15) is 11.0 Å². The Morgan fingerprint density at radius 3 is 2.47 bits per heavy atom. The van der Waals surface area contributed by atoms with Crippen LogP contribution in [0.4, 0.5) is 13.2 Å². The number of hydrogen-bond acceptors (Lipinski definition) is 5.